The van der Waals surface area contributed by atoms with E-state index < -0.39 is 0 Å². The van der Waals surface area contributed by atoms with Crippen molar-refractivity contribution in [2.24, 2.45) is 0 Å². The van der Waals surface area contributed by atoms with Crippen LogP contribution in [0.15, 0.2) is 12.1 Å². The predicted molar refractivity (Wildman–Crippen MR) is 123 cm³/mol. The Morgan fingerprint density at radius 2 is 1.82 bits per heavy atom. The van der Waals surface area contributed by atoms with Crippen molar-refractivity contribution < 1.29 is 4.79 Å². The van der Waals surface area contributed by atoms with Gasteiger partial charge in [0.05, 0.1) is 20.9 Å². The van der Waals surface area contributed by atoms with Gasteiger partial charge in [-0.15, -0.1) is 23.7 Å². The summed E-state index contributed by atoms with van der Waals surface area (Å²) in [5.41, 5.74) is 2.59. The molecule has 0 saturated carbocycles. The van der Waals surface area contributed by atoms with Crippen LogP contribution in [0, 0.1) is 20.8 Å². The monoisotopic (exact) mass is 458 g/mol. The van der Waals surface area contributed by atoms with Crippen LogP contribution in [0.1, 0.15) is 32.4 Å². The zero-order valence-corrected chi connectivity index (χ0v) is 19.8. The number of hydrogen-bond donors (Lipinski definition) is 0. The van der Waals surface area contributed by atoms with E-state index in [4.69, 9.17) is 16.6 Å². The molecule has 1 aromatic carbocycles. The van der Waals surface area contributed by atoms with Gasteiger partial charge in [-0.2, -0.15) is 0 Å². The van der Waals surface area contributed by atoms with Crippen molar-refractivity contribution in [3.8, 4) is 0 Å². The number of amides is 1. The molecule has 0 bridgehead atoms. The summed E-state index contributed by atoms with van der Waals surface area (Å²) in [6, 6.07) is 3.85. The van der Waals surface area contributed by atoms with E-state index in [9.17, 15) is 4.79 Å². The molecule has 3 rings (SSSR count). The van der Waals surface area contributed by atoms with Crippen molar-refractivity contribution in [1.82, 2.24) is 14.9 Å². The van der Waals surface area contributed by atoms with Gasteiger partial charge in [0.1, 0.15) is 4.88 Å². The lowest BCUT2D eigenvalue weighted by Gasteiger charge is -2.20. The lowest BCUT2D eigenvalue weighted by atomic mass is 10.2. The lowest BCUT2D eigenvalue weighted by molar-refractivity contribution is 0.0989. The molecular weight excluding hydrogens is 435 g/mol. The molecule has 0 aliphatic rings. The fraction of sp³-hybridized carbons (Fsp3) is 0.421. The number of carbonyl (C=O) groups is 1. The van der Waals surface area contributed by atoms with Gasteiger partial charge in [-0.05, 0) is 65.5 Å². The molecule has 0 radical (unpaired) electrons. The number of rotatable bonds is 6. The average Bonchev–Trinajstić information content (AvgIpc) is 3.17. The largest absolute Gasteiger partial charge is 0.309 e. The van der Waals surface area contributed by atoms with Gasteiger partial charge in [-0.1, -0.05) is 22.9 Å². The molecule has 2 heterocycles. The molecule has 0 saturated heterocycles. The van der Waals surface area contributed by atoms with Crippen molar-refractivity contribution in [2.75, 3.05) is 32.1 Å². The van der Waals surface area contributed by atoms with Crippen molar-refractivity contribution in [3.05, 3.63) is 38.3 Å². The Balaban J connectivity index is 0.00000280. The first-order valence-electron chi connectivity index (χ1n) is 8.74. The fourth-order valence-corrected chi connectivity index (χ4v) is 4.96. The maximum absolute atomic E-state index is 13.3. The Bertz CT molecular complexity index is 984. The second-order valence-electron chi connectivity index (χ2n) is 6.78. The van der Waals surface area contributed by atoms with Crippen molar-refractivity contribution >= 4 is 67.9 Å². The third kappa shape index (κ3) is 4.83. The summed E-state index contributed by atoms with van der Waals surface area (Å²) in [5.74, 6) is -0.0281. The summed E-state index contributed by atoms with van der Waals surface area (Å²) < 4.78 is 1.04. The van der Waals surface area contributed by atoms with Crippen LogP contribution in [-0.4, -0.2) is 48.0 Å². The Kier molecular flexibility index (Phi) is 7.81. The van der Waals surface area contributed by atoms with Gasteiger partial charge < -0.3 is 4.90 Å². The molecule has 0 aliphatic carbocycles. The van der Waals surface area contributed by atoms with Gasteiger partial charge in [-0.3, -0.25) is 9.69 Å². The van der Waals surface area contributed by atoms with Crippen LogP contribution in [-0.2, 0) is 0 Å². The van der Waals surface area contributed by atoms with Crippen molar-refractivity contribution in [3.63, 3.8) is 0 Å². The summed E-state index contributed by atoms with van der Waals surface area (Å²) in [4.78, 5) is 27.1. The van der Waals surface area contributed by atoms with Crippen LogP contribution in [0.5, 0.6) is 0 Å². The number of hydrogen-bond acceptors (Lipinski definition) is 6. The molecule has 0 spiro atoms. The molecule has 0 N–H and O–H groups in total. The standard InChI is InChI=1S/C19H23ClN4OS2.ClH/c1-11-14(20)7-8-15-16(11)22-19(27-15)24(10-6-9-23(4)5)18(25)17-12(2)21-13(3)26-17;/h7-8H,6,9-10H2,1-5H3;1H. The molecule has 0 atom stereocenters. The SMILES string of the molecule is Cc1nc(C)c(C(=O)N(CCCN(C)C)c2nc3c(C)c(Cl)ccc3s2)s1.Cl. The number of aromatic nitrogens is 2. The fourth-order valence-electron chi connectivity index (χ4n) is 2.89. The van der Waals surface area contributed by atoms with Crippen LogP contribution >= 0.6 is 46.7 Å². The quantitative estimate of drug-likeness (QED) is 0.499. The minimum Gasteiger partial charge on any atom is -0.309 e. The van der Waals surface area contributed by atoms with E-state index in [2.05, 4.69) is 9.88 Å². The van der Waals surface area contributed by atoms with E-state index in [1.807, 2.05) is 47.0 Å². The zero-order valence-electron chi connectivity index (χ0n) is 16.6. The van der Waals surface area contributed by atoms with Crippen LogP contribution in [0.2, 0.25) is 5.02 Å². The number of benzene rings is 1. The highest BCUT2D eigenvalue weighted by Crippen LogP contribution is 2.34. The highest BCUT2D eigenvalue weighted by Gasteiger charge is 2.25. The molecule has 9 heteroatoms. The van der Waals surface area contributed by atoms with E-state index in [-0.39, 0.29) is 18.3 Å². The molecule has 2 aromatic heterocycles. The number of anilines is 1. The van der Waals surface area contributed by atoms with E-state index in [0.29, 0.717) is 21.6 Å². The summed E-state index contributed by atoms with van der Waals surface area (Å²) >= 11 is 9.22. The number of fused-ring (bicyclic) bond motifs is 1. The summed E-state index contributed by atoms with van der Waals surface area (Å²) in [5, 5.41) is 2.30. The Hall–Kier alpha value is -1.25. The van der Waals surface area contributed by atoms with Gasteiger partial charge in [0.15, 0.2) is 5.13 Å². The second-order valence-corrected chi connectivity index (χ2v) is 9.40. The highest BCUT2D eigenvalue weighted by atomic mass is 35.5. The number of carbonyl (C=O) groups excluding carboxylic acids is 1. The first-order chi connectivity index (χ1) is 12.8. The van der Waals surface area contributed by atoms with E-state index in [0.717, 1.165) is 39.4 Å². The second kappa shape index (κ2) is 9.50. The third-order valence-electron chi connectivity index (χ3n) is 4.30. The molecule has 3 aromatic rings. The molecular formula is C19H24Cl2N4OS2. The number of thiazole rings is 2. The first-order valence-corrected chi connectivity index (χ1v) is 10.7. The number of nitrogens with zero attached hydrogens (tertiary/aromatic N) is 4. The molecule has 0 aliphatic heterocycles. The van der Waals surface area contributed by atoms with Crippen molar-refractivity contribution in [2.45, 2.75) is 27.2 Å². The van der Waals surface area contributed by atoms with Gasteiger partial charge in [0.25, 0.3) is 5.91 Å². The Morgan fingerprint density at radius 1 is 1.11 bits per heavy atom. The van der Waals surface area contributed by atoms with E-state index >= 15 is 0 Å². The van der Waals surface area contributed by atoms with E-state index in [1.165, 1.54) is 22.7 Å². The predicted octanol–water partition coefficient (Wildman–Crippen LogP) is 5.35. The van der Waals surface area contributed by atoms with E-state index in [1.54, 1.807) is 4.90 Å². The Morgan fingerprint density at radius 3 is 2.43 bits per heavy atom. The smallest absolute Gasteiger partial charge is 0.272 e. The summed E-state index contributed by atoms with van der Waals surface area (Å²) in [7, 11) is 4.07. The minimum absolute atomic E-state index is 0. The van der Waals surface area contributed by atoms with Gasteiger partial charge in [0, 0.05) is 11.6 Å². The van der Waals surface area contributed by atoms with Crippen LogP contribution in [0.4, 0.5) is 5.13 Å². The topological polar surface area (TPSA) is 49.3 Å². The molecule has 0 unspecified atom stereocenters. The van der Waals surface area contributed by atoms with Crippen molar-refractivity contribution in [1.29, 1.82) is 0 Å². The Labute approximate surface area is 184 Å². The average molecular weight is 459 g/mol. The first kappa shape index (κ1) is 23.0. The van der Waals surface area contributed by atoms with Crippen LogP contribution in [0.25, 0.3) is 10.2 Å². The van der Waals surface area contributed by atoms with Gasteiger partial charge in [-0.25, -0.2) is 9.97 Å². The van der Waals surface area contributed by atoms with Gasteiger partial charge >= 0.3 is 0 Å². The lowest BCUT2D eigenvalue weighted by Crippen LogP contribution is -2.33. The highest BCUT2D eigenvalue weighted by molar-refractivity contribution is 7.22. The third-order valence-corrected chi connectivity index (χ3v) is 6.81. The molecule has 0 fully saturated rings. The van der Waals surface area contributed by atoms with Gasteiger partial charge in [0.2, 0.25) is 0 Å². The normalized spacial score (nSPS) is 11.1. The van der Waals surface area contributed by atoms with Crippen LogP contribution in [0.3, 0.4) is 0 Å². The molecule has 28 heavy (non-hydrogen) atoms. The number of halogens is 2. The van der Waals surface area contributed by atoms with Crippen LogP contribution < -0.4 is 4.90 Å². The minimum atomic E-state index is -0.0281. The summed E-state index contributed by atoms with van der Waals surface area (Å²) in [6.07, 6.45) is 0.866. The molecule has 152 valence electrons. The number of aryl methyl sites for hydroxylation is 3. The zero-order chi connectivity index (χ0) is 19.7. The summed E-state index contributed by atoms with van der Waals surface area (Å²) in [6.45, 7) is 7.29. The maximum atomic E-state index is 13.3. The molecule has 5 nitrogen and oxygen atoms in total. The maximum Gasteiger partial charge on any atom is 0.272 e. The molecule has 1 amide bonds.